The van der Waals surface area contributed by atoms with Crippen LogP contribution < -0.4 is 10.2 Å². The first-order valence-electron chi connectivity index (χ1n) is 7.07. The molecule has 0 radical (unpaired) electrons. The third-order valence-electron chi connectivity index (χ3n) is 3.95. The molecule has 0 amide bonds. The van der Waals surface area contributed by atoms with Crippen molar-refractivity contribution in [2.45, 2.75) is 25.3 Å². The maximum absolute atomic E-state index is 3.64. The third-order valence-corrected chi connectivity index (χ3v) is 5.08. The molecule has 3 heteroatoms. The van der Waals surface area contributed by atoms with Crippen molar-refractivity contribution in [1.29, 1.82) is 0 Å². The number of thioether (sulfide) groups is 1. The van der Waals surface area contributed by atoms with Crippen molar-refractivity contribution in [3.63, 3.8) is 0 Å². The Morgan fingerprint density at radius 3 is 3.17 bits per heavy atom. The van der Waals surface area contributed by atoms with Gasteiger partial charge in [-0.25, -0.2) is 0 Å². The Balaban J connectivity index is 1.60. The van der Waals surface area contributed by atoms with Crippen LogP contribution in [0.4, 0.5) is 5.69 Å². The first-order chi connectivity index (χ1) is 8.93. The van der Waals surface area contributed by atoms with Gasteiger partial charge < -0.3 is 10.2 Å². The van der Waals surface area contributed by atoms with E-state index < -0.39 is 0 Å². The molecule has 98 valence electrons. The molecule has 1 aromatic rings. The molecular weight excluding hydrogens is 240 g/mol. The monoisotopic (exact) mass is 262 g/mol. The van der Waals surface area contributed by atoms with Gasteiger partial charge in [0.15, 0.2) is 0 Å². The molecular formula is C15H22N2S. The Bertz CT molecular complexity index is 388. The van der Waals surface area contributed by atoms with Crippen molar-refractivity contribution < 1.29 is 0 Å². The highest BCUT2D eigenvalue weighted by Gasteiger charge is 2.18. The molecule has 3 rings (SSSR count). The highest BCUT2D eigenvalue weighted by molar-refractivity contribution is 7.99. The molecule has 2 aliphatic rings. The summed E-state index contributed by atoms with van der Waals surface area (Å²) in [5.41, 5.74) is 3.02. The summed E-state index contributed by atoms with van der Waals surface area (Å²) in [6.07, 6.45) is 3.84. The standard InChI is InChI=1S/C15H22N2S/c1-2-6-15-13(4-1)5-3-9-17(15)10-7-14-12-18-11-8-16-14/h1-2,4,6,14,16H,3,5,7-12H2. The van der Waals surface area contributed by atoms with E-state index in [1.165, 1.54) is 61.7 Å². The number of hydrogen-bond acceptors (Lipinski definition) is 3. The summed E-state index contributed by atoms with van der Waals surface area (Å²) in [5.74, 6) is 2.57. The van der Waals surface area contributed by atoms with Crippen LogP contribution in [-0.2, 0) is 6.42 Å². The number of nitrogens with zero attached hydrogens (tertiary/aromatic N) is 1. The summed E-state index contributed by atoms with van der Waals surface area (Å²) in [7, 11) is 0. The van der Waals surface area contributed by atoms with Gasteiger partial charge in [0.1, 0.15) is 0 Å². The van der Waals surface area contributed by atoms with Crippen molar-refractivity contribution >= 4 is 17.4 Å². The fourth-order valence-corrected chi connectivity index (χ4v) is 3.96. The predicted molar refractivity (Wildman–Crippen MR) is 80.7 cm³/mol. The van der Waals surface area contributed by atoms with E-state index in [1.54, 1.807) is 0 Å². The van der Waals surface area contributed by atoms with Crippen LogP contribution in [0.2, 0.25) is 0 Å². The topological polar surface area (TPSA) is 15.3 Å². The van der Waals surface area contributed by atoms with Crippen LogP contribution in [-0.4, -0.2) is 37.2 Å². The average molecular weight is 262 g/mol. The largest absolute Gasteiger partial charge is 0.371 e. The second kappa shape index (κ2) is 5.98. The van der Waals surface area contributed by atoms with Crippen LogP contribution in [0.3, 0.4) is 0 Å². The molecule has 0 aromatic heterocycles. The zero-order valence-electron chi connectivity index (χ0n) is 10.9. The second-order valence-electron chi connectivity index (χ2n) is 5.23. The van der Waals surface area contributed by atoms with E-state index in [4.69, 9.17) is 0 Å². The summed E-state index contributed by atoms with van der Waals surface area (Å²) in [4.78, 5) is 2.58. The third kappa shape index (κ3) is 2.83. The van der Waals surface area contributed by atoms with Crippen LogP contribution in [0.15, 0.2) is 24.3 Å². The maximum atomic E-state index is 3.64. The Kier molecular flexibility index (Phi) is 4.11. The Labute approximate surface area is 114 Å². The van der Waals surface area contributed by atoms with Gasteiger partial charge in [-0.3, -0.25) is 0 Å². The summed E-state index contributed by atoms with van der Waals surface area (Å²) < 4.78 is 0. The van der Waals surface area contributed by atoms with Crippen molar-refractivity contribution in [3.8, 4) is 0 Å². The van der Waals surface area contributed by atoms with E-state index in [1.807, 2.05) is 0 Å². The molecule has 1 unspecified atom stereocenters. The van der Waals surface area contributed by atoms with Gasteiger partial charge in [-0.05, 0) is 30.9 Å². The van der Waals surface area contributed by atoms with Crippen molar-refractivity contribution in [2.75, 3.05) is 36.0 Å². The molecule has 1 atom stereocenters. The number of anilines is 1. The van der Waals surface area contributed by atoms with Crippen molar-refractivity contribution in [2.24, 2.45) is 0 Å². The minimum Gasteiger partial charge on any atom is -0.371 e. The van der Waals surface area contributed by atoms with E-state index in [0.29, 0.717) is 0 Å². The number of aryl methyl sites for hydroxylation is 1. The van der Waals surface area contributed by atoms with E-state index in [2.05, 4.69) is 46.2 Å². The number of para-hydroxylation sites is 1. The van der Waals surface area contributed by atoms with Gasteiger partial charge in [0, 0.05) is 42.9 Å². The number of rotatable bonds is 3. The zero-order chi connectivity index (χ0) is 12.2. The van der Waals surface area contributed by atoms with Gasteiger partial charge in [0.25, 0.3) is 0 Å². The first-order valence-corrected chi connectivity index (χ1v) is 8.23. The van der Waals surface area contributed by atoms with E-state index in [0.717, 1.165) is 6.04 Å². The van der Waals surface area contributed by atoms with Gasteiger partial charge in [-0.2, -0.15) is 11.8 Å². The number of benzene rings is 1. The average Bonchev–Trinajstić information content (AvgIpc) is 2.46. The SMILES string of the molecule is c1ccc2c(c1)CCCN2CCC1CSCCN1. The summed E-state index contributed by atoms with van der Waals surface area (Å²) >= 11 is 2.09. The highest BCUT2D eigenvalue weighted by Crippen LogP contribution is 2.27. The molecule has 1 fully saturated rings. The van der Waals surface area contributed by atoms with Gasteiger partial charge in [-0.15, -0.1) is 0 Å². The van der Waals surface area contributed by atoms with E-state index in [-0.39, 0.29) is 0 Å². The van der Waals surface area contributed by atoms with Gasteiger partial charge in [0.2, 0.25) is 0 Å². The Morgan fingerprint density at radius 2 is 2.28 bits per heavy atom. The van der Waals surface area contributed by atoms with Gasteiger partial charge in [0.05, 0.1) is 0 Å². The number of fused-ring (bicyclic) bond motifs is 1. The van der Waals surface area contributed by atoms with Crippen molar-refractivity contribution in [3.05, 3.63) is 29.8 Å². The molecule has 0 saturated carbocycles. The lowest BCUT2D eigenvalue weighted by Crippen LogP contribution is -2.41. The lowest BCUT2D eigenvalue weighted by atomic mass is 10.0. The summed E-state index contributed by atoms with van der Waals surface area (Å²) in [5, 5.41) is 3.64. The summed E-state index contributed by atoms with van der Waals surface area (Å²) in [6, 6.07) is 9.64. The molecule has 0 spiro atoms. The number of nitrogens with one attached hydrogen (secondary N) is 1. The molecule has 2 heterocycles. The van der Waals surface area contributed by atoms with Gasteiger partial charge >= 0.3 is 0 Å². The molecule has 18 heavy (non-hydrogen) atoms. The van der Waals surface area contributed by atoms with Crippen LogP contribution in [0, 0.1) is 0 Å². The zero-order valence-corrected chi connectivity index (χ0v) is 11.7. The van der Waals surface area contributed by atoms with Gasteiger partial charge in [-0.1, -0.05) is 18.2 Å². The lowest BCUT2D eigenvalue weighted by Gasteiger charge is -2.33. The molecule has 1 N–H and O–H groups in total. The smallest absolute Gasteiger partial charge is 0.0398 e. The molecule has 0 aliphatic carbocycles. The van der Waals surface area contributed by atoms with Crippen LogP contribution in [0.1, 0.15) is 18.4 Å². The van der Waals surface area contributed by atoms with Crippen LogP contribution >= 0.6 is 11.8 Å². The minimum absolute atomic E-state index is 0.720. The minimum atomic E-state index is 0.720. The number of hydrogen-bond donors (Lipinski definition) is 1. The molecule has 0 bridgehead atoms. The normalized spacial score (nSPS) is 23.8. The maximum Gasteiger partial charge on any atom is 0.0398 e. The quantitative estimate of drug-likeness (QED) is 0.901. The van der Waals surface area contributed by atoms with Crippen molar-refractivity contribution in [1.82, 2.24) is 5.32 Å². The fraction of sp³-hybridized carbons (Fsp3) is 0.600. The van der Waals surface area contributed by atoms with E-state index in [9.17, 15) is 0 Å². The Morgan fingerprint density at radius 1 is 1.33 bits per heavy atom. The highest BCUT2D eigenvalue weighted by atomic mass is 32.2. The first kappa shape index (κ1) is 12.4. The second-order valence-corrected chi connectivity index (χ2v) is 6.38. The fourth-order valence-electron chi connectivity index (χ4n) is 2.96. The van der Waals surface area contributed by atoms with E-state index >= 15 is 0 Å². The molecule has 2 nitrogen and oxygen atoms in total. The predicted octanol–water partition coefficient (Wildman–Crippen LogP) is 2.53. The molecule has 2 aliphatic heterocycles. The Hall–Kier alpha value is -0.670. The van der Waals surface area contributed by atoms with Crippen LogP contribution in [0.5, 0.6) is 0 Å². The molecule has 1 saturated heterocycles. The van der Waals surface area contributed by atoms with Crippen LogP contribution in [0.25, 0.3) is 0 Å². The summed E-state index contributed by atoms with van der Waals surface area (Å²) in [6.45, 7) is 3.62. The molecule has 1 aromatic carbocycles. The lowest BCUT2D eigenvalue weighted by molar-refractivity contribution is 0.518.